The van der Waals surface area contributed by atoms with E-state index < -0.39 is 11.7 Å². The van der Waals surface area contributed by atoms with Gasteiger partial charge in [0, 0.05) is 0 Å². The number of nitrogens with one attached hydrogen (secondary N) is 1. The van der Waals surface area contributed by atoms with Crippen molar-refractivity contribution >= 4 is 29.1 Å². The molecule has 2 rings (SSSR count). The number of carbonyl (C=O) groups excluding carboxylic acids is 2. The number of carbonyl (C=O) groups is 2. The van der Waals surface area contributed by atoms with Gasteiger partial charge in [-0.2, -0.15) is 4.98 Å². The molecule has 2 heterocycles. The number of nitrogens with zero attached hydrogens (tertiary/aromatic N) is 3. The lowest BCUT2D eigenvalue weighted by Crippen LogP contribution is -2.32. The lowest BCUT2D eigenvalue weighted by atomic mass is 9.98. The maximum absolute atomic E-state index is 12.2. The third kappa shape index (κ3) is 6.52. The number of esters is 2. The summed E-state index contributed by atoms with van der Waals surface area (Å²) in [4.78, 5) is 46.9. The third-order valence-corrected chi connectivity index (χ3v) is 5.51. The van der Waals surface area contributed by atoms with Crippen LogP contribution in [0.25, 0.3) is 11.2 Å². The Bertz CT molecular complexity index is 953. The summed E-state index contributed by atoms with van der Waals surface area (Å²) in [7, 11) is 0. The molecule has 2 aromatic rings. The second kappa shape index (κ2) is 11.1. The highest BCUT2D eigenvalue weighted by Crippen LogP contribution is 2.14. The van der Waals surface area contributed by atoms with Gasteiger partial charge in [0.15, 0.2) is 11.2 Å². The SMILES string of the molecule is CC(C)C(C)C(=O)OCC(COC(=O)C(C)C(C)C)OCn1cnc2c(=O)[nH]c(N)nc21. The summed E-state index contributed by atoms with van der Waals surface area (Å²) in [5.74, 6) is -1.08. The first-order valence-corrected chi connectivity index (χ1v) is 10.7. The summed E-state index contributed by atoms with van der Waals surface area (Å²) < 4.78 is 18.1. The zero-order chi connectivity index (χ0) is 24.0. The van der Waals surface area contributed by atoms with Crippen LogP contribution in [0.4, 0.5) is 5.95 Å². The molecule has 2 unspecified atom stereocenters. The van der Waals surface area contributed by atoms with Crippen molar-refractivity contribution in [1.29, 1.82) is 0 Å². The molecule has 178 valence electrons. The minimum absolute atomic E-state index is 0.0472. The van der Waals surface area contributed by atoms with Crippen molar-refractivity contribution in [3.8, 4) is 0 Å². The number of fused-ring (bicyclic) bond motifs is 1. The highest BCUT2D eigenvalue weighted by molar-refractivity contribution is 5.73. The van der Waals surface area contributed by atoms with Crippen LogP contribution >= 0.6 is 0 Å². The Kier molecular flexibility index (Phi) is 8.76. The molecule has 0 radical (unpaired) electrons. The Hall–Kier alpha value is -2.95. The monoisotopic (exact) mass is 451 g/mol. The Balaban J connectivity index is 2.09. The fourth-order valence-electron chi connectivity index (χ4n) is 2.55. The molecule has 2 aromatic heterocycles. The standard InChI is InChI=1S/C21H33N5O6/c1-11(2)13(5)19(28)30-7-15(8-31-20(29)14(6)12(3)4)32-10-26-9-23-16-17(26)24-21(22)25-18(16)27/h9,11-15H,7-8,10H2,1-6H3,(H3,22,24,25,27). The Morgan fingerprint density at radius 2 is 1.56 bits per heavy atom. The first kappa shape index (κ1) is 25.3. The lowest BCUT2D eigenvalue weighted by molar-refractivity contribution is -0.163. The molecule has 32 heavy (non-hydrogen) atoms. The fourth-order valence-corrected chi connectivity index (χ4v) is 2.55. The van der Waals surface area contributed by atoms with Gasteiger partial charge in [0.1, 0.15) is 26.0 Å². The summed E-state index contributed by atoms with van der Waals surface area (Å²) in [6.45, 7) is 11.0. The number of aromatic nitrogens is 4. The van der Waals surface area contributed by atoms with Crippen LogP contribution in [0.3, 0.4) is 0 Å². The van der Waals surface area contributed by atoms with Crippen molar-refractivity contribution < 1.29 is 23.8 Å². The van der Waals surface area contributed by atoms with Gasteiger partial charge in [-0.05, 0) is 11.8 Å². The van der Waals surface area contributed by atoms with E-state index in [1.165, 1.54) is 10.9 Å². The summed E-state index contributed by atoms with van der Waals surface area (Å²) in [5.41, 5.74) is 5.52. The predicted octanol–water partition coefficient (Wildman–Crippen LogP) is 1.72. The average Bonchev–Trinajstić information content (AvgIpc) is 3.14. The van der Waals surface area contributed by atoms with Crippen LogP contribution in [0.1, 0.15) is 41.5 Å². The molecular weight excluding hydrogens is 418 g/mol. The molecule has 0 aliphatic carbocycles. The van der Waals surface area contributed by atoms with Gasteiger partial charge in [0.2, 0.25) is 5.95 Å². The van der Waals surface area contributed by atoms with E-state index in [2.05, 4.69) is 15.0 Å². The van der Waals surface area contributed by atoms with E-state index in [9.17, 15) is 14.4 Å². The van der Waals surface area contributed by atoms with Gasteiger partial charge in [0.25, 0.3) is 5.56 Å². The zero-order valence-corrected chi connectivity index (χ0v) is 19.5. The normalized spacial score (nSPS) is 14.5. The molecular formula is C21H33N5O6. The maximum Gasteiger partial charge on any atom is 0.309 e. The summed E-state index contributed by atoms with van der Waals surface area (Å²) >= 11 is 0. The molecule has 2 atom stereocenters. The zero-order valence-electron chi connectivity index (χ0n) is 19.5. The Morgan fingerprint density at radius 1 is 1.03 bits per heavy atom. The number of hydrogen-bond donors (Lipinski definition) is 2. The fraction of sp³-hybridized carbons (Fsp3) is 0.667. The first-order valence-electron chi connectivity index (χ1n) is 10.7. The number of anilines is 1. The first-order chi connectivity index (χ1) is 15.0. The summed E-state index contributed by atoms with van der Waals surface area (Å²) in [5, 5.41) is 0. The molecule has 0 spiro atoms. The predicted molar refractivity (Wildman–Crippen MR) is 117 cm³/mol. The second-order valence-electron chi connectivity index (χ2n) is 8.58. The van der Waals surface area contributed by atoms with Crippen molar-refractivity contribution in [2.24, 2.45) is 23.7 Å². The minimum Gasteiger partial charge on any atom is -0.463 e. The highest BCUT2D eigenvalue weighted by Gasteiger charge is 2.24. The van der Waals surface area contributed by atoms with Gasteiger partial charge >= 0.3 is 11.9 Å². The molecule has 11 nitrogen and oxygen atoms in total. The molecule has 3 N–H and O–H groups in total. The molecule has 0 aliphatic heterocycles. The van der Waals surface area contributed by atoms with E-state index in [1.807, 2.05) is 27.7 Å². The van der Waals surface area contributed by atoms with Gasteiger partial charge in [-0.25, -0.2) is 4.98 Å². The van der Waals surface area contributed by atoms with Crippen LogP contribution in [0.5, 0.6) is 0 Å². The molecule has 0 saturated carbocycles. The Morgan fingerprint density at radius 3 is 2.06 bits per heavy atom. The third-order valence-electron chi connectivity index (χ3n) is 5.51. The molecule has 0 amide bonds. The van der Waals surface area contributed by atoms with Gasteiger partial charge in [-0.1, -0.05) is 41.5 Å². The summed E-state index contributed by atoms with van der Waals surface area (Å²) in [6, 6.07) is 0. The number of ether oxygens (including phenoxy) is 3. The van der Waals surface area contributed by atoms with E-state index in [0.29, 0.717) is 0 Å². The second-order valence-corrected chi connectivity index (χ2v) is 8.58. The van der Waals surface area contributed by atoms with E-state index >= 15 is 0 Å². The number of H-pyrrole nitrogens is 1. The highest BCUT2D eigenvalue weighted by atomic mass is 16.6. The van der Waals surface area contributed by atoms with Crippen LogP contribution in [-0.4, -0.2) is 50.8 Å². The van der Waals surface area contributed by atoms with Gasteiger partial charge in [-0.3, -0.25) is 23.9 Å². The van der Waals surface area contributed by atoms with Crippen LogP contribution in [0.15, 0.2) is 11.1 Å². The van der Waals surface area contributed by atoms with E-state index in [-0.39, 0.29) is 72.7 Å². The smallest absolute Gasteiger partial charge is 0.309 e. The van der Waals surface area contributed by atoms with Crippen LogP contribution in [-0.2, 0) is 30.5 Å². The van der Waals surface area contributed by atoms with Gasteiger partial charge in [0.05, 0.1) is 18.2 Å². The van der Waals surface area contributed by atoms with E-state index in [4.69, 9.17) is 19.9 Å². The van der Waals surface area contributed by atoms with Crippen LogP contribution in [0.2, 0.25) is 0 Å². The molecule has 0 aliphatic rings. The van der Waals surface area contributed by atoms with Crippen molar-refractivity contribution in [2.75, 3.05) is 18.9 Å². The largest absolute Gasteiger partial charge is 0.463 e. The molecule has 0 saturated heterocycles. The van der Waals surface area contributed by atoms with Crippen molar-refractivity contribution in [1.82, 2.24) is 19.5 Å². The number of hydrogen-bond acceptors (Lipinski definition) is 9. The average molecular weight is 452 g/mol. The molecule has 11 heteroatoms. The minimum atomic E-state index is -0.724. The number of nitrogens with two attached hydrogens (primary N) is 1. The quantitative estimate of drug-likeness (QED) is 0.486. The molecule has 0 aromatic carbocycles. The molecule has 0 fully saturated rings. The number of aromatic amines is 1. The van der Waals surface area contributed by atoms with Gasteiger partial charge in [-0.15, -0.1) is 0 Å². The number of nitrogen functional groups attached to an aromatic ring is 1. The molecule has 0 bridgehead atoms. The Labute approximate surface area is 186 Å². The van der Waals surface area contributed by atoms with Gasteiger partial charge < -0.3 is 19.9 Å². The summed E-state index contributed by atoms with van der Waals surface area (Å²) in [6.07, 6.45) is 0.668. The van der Waals surface area contributed by atoms with E-state index in [1.54, 1.807) is 13.8 Å². The topological polar surface area (TPSA) is 151 Å². The van der Waals surface area contributed by atoms with E-state index in [0.717, 1.165) is 0 Å². The van der Waals surface area contributed by atoms with Crippen molar-refractivity contribution in [2.45, 2.75) is 54.4 Å². The van der Waals surface area contributed by atoms with Crippen molar-refractivity contribution in [3.05, 3.63) is 16.7 Å². The number of rotatable bonds is 11. The van der Waals surface area contributed by atoms with Crippen molar-refractivity contribution in [3.63, 3.8) is 0 Å². The van der Waals surface area contributed by atoms with Crippen LogP contribution in [0, 0.1) is 23.7 Å². The maximum atomic E-state index is 12.2. The number of imidazole rings is 1. The lowest BCUT2D eigenvalue weighted by Gasteiger charge is -2.22. The van der Waals surface area contributed by atoms with Crippen LogP contribution < -0.4 is 11.3 Å².